The number of nitrogens with zero attached hydrogens (tertiary/aromatic N) is 2. The summed E-state index contributed by atoms with van der Waals surface area (Å²) >= 11 is 0. The van der Waals surface area contributed by atoms with Gasteiger partial charge in [0.15, 0.2) is 23.3 Å². The predicted octanol–water partition coefficient (Wildman–Crippen LogP) is 5.02. The first-order chi connectivity index (χ1) is 16.6. The molecule has 0 bridgehead atoms. The molecule has 1 fully saturated rings. The van der Waals surface area contributed by atoms with Gasteiger partial charge in [-0.15, -0.1) is 0 Å². The van der Waals surface area contributed by atoms with Crippen LogP contribution in [0.2, 0.25) is 0 Å². The molecule has 5 nitrogen and oxygen atoms in total. The molecule has 1 aliphatic rings. The van der Waals surface area contributed by atoms with Gasteiger partial charge in [0, 0.05) is 5.92 Å². The molecule has 1 amide bonds. The summed E-state index contributed by atoms with van der Waals surface area (Å²) in [5.74, 6) is -12.1. The van der Waals surface area contributed by atoms with Gasteiger partial charge >= 0.3 is 12.4 Å². The van der Waals surface area contributed by atoms with Gasteiger partial charge in [-0.05, 0) is 24.1 Å². The maximum atomic E-state index is 14.1. The molecule has 1 saturated heterocycles. The minimum atomic E-state index is -5.12. The van der Waals surface area contributed by atoms with Crippen molar-refractivity contribution in [3.63, 3.8) is 0 Å². The number of hydrogen-bond acceptors (Lipinski definition) is 4. The molecule has 2 N–H and O–H groups in total. The van der Waals surface area contributed by atoms with Crippen LogP contribution in [-0.2, 0) is 11.0 Å². The lowest BCUT2D eigenvalue weighted by atomic mass is 9.88. The van der Waals surface area contributed by atoms with Gasteiger partial charge < -0.3 is 5.32 Å². The predicted molar refractivity (Wildman–Crippen MR) is 99.9 cm³/mol. The second-order valence-corrected chi connectivity index (χ2v) is 7.60. The van der Waals surface area contributed by atoms with E-state index in [1.54, 1.807) is 0 Å². The van der Waals surface area contributed by atoms with Gasteiger partial charge in [-0.25, -0.2) is 17.6 Å². The molecule has 2 aromatic rings. The van der Waals surface area contributed by atoms with Crippen molar-refractivity contribution in [2.24, 2.45) is 0 Å². The average Bonchev–Trinajstić information content (AvgIpc) is 3.26. The highest BCUT2D eigenvalue weighted by molar-refractivity contribution is 5.95. The first-order valence-electron chi connectivity index (χ1n) is 9.62. The summed E-state index contributed by atoms with van der Waals surface area (Å²) in [6.45, 7) is 0. The Balaban J connectivity index is 1.98. The number of nitrogens with one attached hydrogen (secondary N) is 2. The molecule has 0 aliphatic carbocycles. The van der Waals surface area contributed by atoms with E-state index in [0.717, 1.165) is 12.1 Å². The third kappa shape index (κ3) is 4.79. The minimum absolute atomic E-state index is 0.328. The van der Waals surface area contributed by atoms with E-state index in [2.05, 4.69) is 0 Å². The molecule has 190 valence electrons. The van der Waals surface area contributed by atoms with Crippen molar-refractivity contribution < 1.29 is 48.7 Å². The molecule has 0 aromatic heterocycles. The number of alkyl halides is 6. The largest absolute Gasteiger partial charge is 0.417 e. The number of hydrogen-bond donors (Lipinski definition) is 2. The Bertz CT molecular complexity index is 1280. The molecule has 0 spiro atoms. The summed E-state index contributed by atoms with van der Waals surface area (Å²) in [7, 11) is 0. The number of carbonyl (C=O) groups excluding carboxylic acids is 1. The summed E-state index contributed by atoms with van der Waals surface area (Å²) in [4.78, 5) is 12.5. The Morgan fingerprint density at radius 2 is 1.53 bits per heavy atom. The fraction of sp³-hybridized carbons (Fsp3) is 0.286. The van der Waals surface area contributed by atoms with E-state index in [9.17, 15) is 48.7 Å². The standard InChI is InChI=1S/C21H10F10N4O/c22-13-10(6-33)14(23)16(25)17(15(13)24)35-19(36)12-4-9(18(34-12)21(29,30)31)7-1-2-8(5-32)11(3-7)20(26,27)28/h1-3,9,12,18,34H,4H2,(H,35,36)/t9?,12-,18+/m0/s1. The summed E-state index contributed by atoms with van der Waals surface area (Å²) < 4.78 is 136. The number of anilines is 1. The molecule has 1 aliphatic heterocycles. The smallest absolute Gasteiger partial charge is 0.320 e. The van der Waals surface area contributed by atoms with Gasteiger partial charge in [-0.3, -0.25) is 10.1 Å². The normalized spacial score (nSPS) is 20.1. The fourth-order valence-corrected chi connectivity index (χ4v) is 3.80. The van der Waals surface area contributed by atoms with E-state index >= 15 is 0 Å². The van der Waals surface area contributed by atoms with Crippen LogP contribution in [0.25, 0.3) is 0 Å². The van der Waals surface area contributed by atoms with Crippen molar-refractivity contribution in [3.8, 4) is 12.1 Å². The first kappa shape index (κ1) is 26.7. The molecular formula is C21H10F10N4O. The number of halogens is 10. The van der Waals surface area contributed by atoms with Gasteiger partial charge in [0.25, 0.3) is 0 Å². The highest BCUT2D eigenvalue weighted by Gasteiger charge is 2.52. The second-order valence-electron chi connectivity index (χ2n) is 7.60. The number of rotatable bonds is 3. The van der Waals surface area contributed by atoms with Crippen molar-refractivity contribution in [1.82, 2.24) is 5.32 Å². The second kappa shape index (κ2) is 9.31. The van der Waals surface area contributed by atoms with Crippen LogP contribution in [0.1, 0.15) is 34.6 Å². The molecule has 1 unspecified atom stereocenters. The molecule has 3 atom stereocenters. The summed E-state index contributed by atoms with van der Waals surface area (Å²) in [6, 6.07) is -0.566. The molecule has 2 aromatic carbocycles. The van der Waals surface area contributed by atoms with Crippen LogP contribution in [0.5, 0.6) is 0 Å². The maximum Gasteiger partial charge on any atom is 0.417 e. The van der Waals surface area contributed by atoms with Gasteiger partial charge in [-0.1, -0.05) is 6.07 Å². The number of nitriles is 2. The van der Waals surface area contributed by atoms with Gasteiger partial charge in [-0.2, -0.15) is 36.9 Å². The van der Waals surface area contributed by atoms with Crippen molar-refractivity contribution in [1.29, 1.82) is 10.5 Å². The van der Waals surface area contributed by atoms with Crippen LogP contribution < -0.4 is 10.6 Å². The molecule has 1 heterocycles. The van der Waals surface area contributed by atoms with Crippen LogP contribution in [-0.4, -0.2) is 24.2 Å². The van der Waals surface area contributed by atoms with Crippen LogP contribution >= 0.6 is 0 Å². The Kier molecular flexibility index (Phi) is 6.92. The van der Waals surface area contributed by atoms with Gasteiger partial charge in [0.05, 0.1) is 23.2 Å². The molecule has 3 rings (SSSR count). The molecular weight excluding hydrogens is 514 g/mol. The van der Waals surface area contributed by atoms with Crippen LogP contribution in [0.3, 0.4) is 0 Å². The zero-order chi connectivity index (χ0) is 27.2. The minimum Gasteiger partial charge on any atom is -0.320 e. The average molecular weight is 524 g/mol. The van der Waals surface area contributed by atoms with E-state index in [0.29, 0.717) is 12.1 Å². The van der Waals surface area contributed by atoms with E-state index in [1.165, 1.54) is 11.4 Å². The van der Waals surface area contributed by atoms with E-state index in [1.807, 2.05) is 5.32 Å². The Hall–Kier alpha value is -3.85. The van der Waals surface area contributed by atoms with Gasteiger partial charge in [0.2, 0.25) is 5.91 Å². The summed E-state index contributed by atoms with van der Waals surface area (Å²) in [5, 5.41) is 20.7. The SMILES string of the molecule is N#Cc1ccc(C2C[C@@H](C(=O)Nc3c(F)c(F)c(C#N)c(F)c3F)N[C@H]2C(F)(F)F)cc1C(F)(F)F. The van der Waals surface area contributed by atoms with Crippen molar-refractivity contribution in [2.45, 2.75) is 36.8 Å². The number of benzene rings is 2. The van der Waals surface area contributed by atoms with E-state index in [-0.39, 0.29) is 0 Å². The quantitative estimate of drug-likeness (QED) is 0.436. The van der Waals surface area contributed by atoms with Crippen molar-refractivity contribution in [2.75, 3.05) is 5.32 Å². The molecule has 36 heavy (non-hydrogen) atoms. The first-order valence-corrected chi connectivity index (χ1v) is 9.62. The van der Waals surface area contributed by atoms with E-state index in [4.69, 9.17) is 10.5 Å². The zero-order valence-electron chi connectivity index (χ0n) is 17.3. The summed E-state index contributed by atoms with van der Waals surface area (Å²) in [5.41, 5.74) is -6.25. The zero-order valence-corrected chi connectivity index (χ0v) is 17.3. The van der Waals surface area contributed by atoms with Crippen LogP contribution in [0.4, 0.5) is 49.6 Å². The Labute approximate surface area is 194 Å². The van der Waals surface area contributed by atoms with Crippen molar-refractivity contribution >= 4 is 11.6 Å². The molecule has 0 radical (unpaired) electrons. The third-order valence-corrected chi connectivity index (χ3v) is 5.46. The fourth-order valence-electron chi connectivity index (χ4n) is 3.80. The van der Waals surface area contributed by atoms with Crippen LogP contribution in [0.15, 0.2) is 18.2 Å². The monoisotopic (exact) mass is 524 g/mol. The highest BCUT2D eigenvalue weighted by atomic mass is 19.4. The number of carbonyl (C=O) groups is 1. The summed E-state index contributed by atoms with van der Waals surface area (Å²) in [6.07, 6.45) is -11.0. The van der Waals surface area contributed by atoms with E-state index < -0.39 is 93.9 Å². The van der Waals surface area contributed by atoms with Gasteiger partial charge in [0.1, 0.15) is 23.4 Å². The number of amides is 1. The molecule has 15 heteroatoms. The lowest BCUT2D eigenvalue weighted by Gasteiger charge is -2.23. The Morgan fingerprint density at radius 3 is 2.00 bits per heavy atom. The topological polar surface area (TPSA) is 88.7 Å². The maximum absolute atomic E-state index is 14.1. The highest BCUT2D eigenvalue weighted by Crippen LogP contribution is 2.42. The third-order valence-electron chi connectivity index (χ3n) is 5.46. The molecule has 0 saturated carbocycles. The Morgan fingerprint density at radius 1 is 0.944 bits per heavy atom. The van der Waals surface area contributed by atoms with Crippen molar-refractivity contribution in [3.05, 3.63) is 63.7 Å². The lowest BCUT2D eigenvalue weighted by Crippen LogP contribution is -2.46. The van der Waals surface area contributed by atoms with Crippen LogP contribution in [0, 0.1) is 45.9 Å². The lowest BCUT2D eigenvalue weighted by molar-refractivity contribution is -0.156.